The number of furan rings is 1. The molecule has 0 unspecified atom stereocenters. The molecule has 9 rings (SSSR count). The number of benzene rings is 8. The zero-order valence-corrected chi connectivity index (χ0v) is 25.1. The molecule has 0 radical (unpaired) electrons. The summed E-state index contributed by atoms with van der Waals surface area (Å²) in [6.45, 7) is 0. The van der Waals surface area contributed by atoms with Crippen LogP contribution in [0.4, 0.5) is 17.1 Å². The molecule has 9 aromatic rings. The molecule has 46 heavy (non-hydrogen) atoms. The van der Waals surface area contributed by atoms with Gasteiger partial charge >= 0.3 is 0 Å². The molecule has 0 spiro atoms. The van der Waals surface area contributed by atoms with E-state index in [1.54, 1.807) is 0 Å². The number of para-hydroxylation sites is 2. The van der Waals surface area contributed by atoms with Crippen molar-refractivity contribution in [3.05, 3.63) is 176 Å². The van der Waals surface area contributed by atoms with Gasteiger partial charge in [0, 0.05) is 27.5 Å². The van der Waals surface area contributed by atoms with Crippen LogP contribution in [0, 0.1) is 0 Å². The number of rotatable bonds is 5. The molecule has 0 aliphatic carbocycles. The average Bonchev–Trinajstić information content (AvgIpc) is 3.49. The van der Waals surface area contributed by atoms with E-state index in [0.29, 0.717) is 0 Å². The Kier molecular flexibility index (Phi) is 6.17. The number of hydrogen-bond donors (Lipinski definition) is 0. The van der Waals surface area contributed by atoms with Crippen LogP contribution in [0.25, 0.3) is 65.7 Å². The fourth-order valence-electron chi connectivity index (χ4n) is 6.91. The fourth-order valence-corrected chi connectivity index (χ4v) is 6.91. The van der Waals surface area contributed by atoms with Crippen molar-refractivity contribution in [1.29, 1.82) is 0 Å². The summed E-state index contributed by atoms with van der Waals surface area (Å²) in [4.78, 5) is 2.38. The highest BCUT2D eigenvalue weighted by Crippen LogP contribution is 2.43. The molecule has 0 bridgehead atoms. The minimum Gasteiger partial charge on any atom is -0.456 e. The van der Waals surface area contributed by atoms with E-state index in [0.717, 1.165) is 39.0 Å². The predicted molar refractivity (Wildman–Crippen MR) is 194 cm³/mol. The highest BCUT2D eigenvalue weighted by Gasteiger charge is 2.18. The first kappa shape index (κ1) is 26.3. The van der Waals surface area contributed by atoms with E-state index in [9.17, 15) is 0 Å². The molecule has 216 valence electrons. The maximum absolute atomic E-state index is 6.31. The van der Waals surface area contributed by atoms with E-state index in [1.165, 1.54) is 43.8 Å². The maximum Gasteiger partial charge on any atom is 0.136 e. The third-order valence-electron chi connectivity index (χ3n) is 9.03. The molecule has 0 saturated heterocycles. The van der Waals surface area contributed by atoms with Gasteiger partial charge in [0.25, 0.3) is 0 Å². The summed E-state index contributed by atoms with van der Waals surface area (Å²) in [5.74, 6) is 0. The Hall–Kier alpha value is -6.12. The summed E-state index contributed by atoms with van der Waals surface area (Å²) >= 11 is 0. The van der Waals surface area contributed by atoms with Crippen molar-refractivity contribution < 1.29 is 4.42 Å². The van der Waals surface area contributed by atoms with Crippen molar-refractivity contribution in [3.63, 3.8) is 0 Å². The van der Waals surface area contributed by atoms with Crippen LogP contribution in [0.3, 0.4) is 0 Å². The van der Waals surface area contributed by atoms with Gasteiger partial charge in [0.05, 0.1) is 5.69 Å². The Labute approximate surface area is 267 Å². The van der Waals surface area contributed by atoms with Gasteiger partial charge in [0.15, 0.2) is 0 Å². The Morgan fingerprint density at radius 2 is 1.00 bits per heavy atom. The lowest BCUT2D eigenvalue weighted by Gasteiger charge is -2.27. The van der Waals surface area contributed by atoms with E-state index >= 15 is 0 Å². The molecule has 1 heterocycles. The summed E-state index contributed by atoms with van der Waals surface area (Å²) in [6.07, 6.45) is 0. The van der Waals surface area contributed by atoms with Crippen LogP contribution in [0.5, 0.6) is 0 Å². The van der Waals surface area contributed by atoms with E-state index in [-0.39, 0.29) is 0 Å². The zero-order chi connectivity index (χ0) is 30.5. The molecule has 0 amide bonds. The quantitative estimate of drug-likeness (QED) is 0.186. The highest BCUT2D eigenvalue weighted by atomic mass is 16.3. The lowest BCUT2D eigenvalue weighted by molar-refractivity contribution is 0.669. The number of nitrogens with zero attached hydrogens (tertiary/aromatic N) is 1. The minimum absolute atomic E-state index is 0.913. The summed E-state index contributed by atoms with van der Waals surface area (Å²) < 4.78 is 6.31. The van der Waals surface area contributed by atoms with Gasteiger partial charge in [0.2, 0.25) is 0 Å². The van der Waals surface area contributed by atoms with Crippen LogP contribution in [0.2, 0.25) is 0 Å². The molecule has 0 saturated carbocycles. The molecule has 0 aliphatic heterocycles. The van der Waals surface area contributed by atoms with Gasteiger partial charge in [0.1, 0.15) is 11.2 Å². The summed E-state index contributed by atoms with van der Waals surface area (Å²) in [7, 11) is 0. The third kappa shape index (κ3) is 4.35. The van der Waals surface area contributed by atoms with Crippen LogP contribution in [-0.4, -0.2) is 0 Å². The smallest absolute Gasteiger partial charge is 0.136 e. The predicted octanol–water partition coefficient (Wildman–Crippen LogP) is 12.7. The molecule has 8 aromatic carbocycles. The van der Waals surface area contributed by atoms with Gasteiger partial charge in [-0.05, 0) is 86.9 Å². The zero-order valence-electron chi connectivity index (χ0n) is 25.1. The number of fused-ring (bicyclic) bond motifs is 6. The SMILES string of the molecule is c1ccc(-c2ccccc2-c2cccc(N(c3ccccc3)c3cccc4c3ccc3cc5c(cc34)oc3ccccc35)c2)cc1. The van der Waals surface area contributed by atoms with E-state index in [4.69, 9.17) is 4.42 Å². The maximum atomic E-state index is 6.31. The first-order chi connectivity index (χ1) is 22.8. The second-order valence-electron chi connectivity index (χ2n) is 11.7. The van der Waals surface area contributed by atoms with Gasteiger partial charge in [-0.3, -0.25) is 0 Å². The standard InChI is InChI=1S/C44H29NO/c1-3-13-30(14-4-1)35-19-7-8-20-36(35)31-15-11-18-34(27-31)45(33-16-5-2-6-17-33)42-23-12-22-37-38(42)26-25-32-28-41-39-21-9-10-24-43(39)46-44(41)29-40(32)37/h1-29H. The lowest BCUT2D eigenvalue weighted by Crippen LogP contribution is -2.10. The van der Waals surface area contributed by atoms with E-state index in [1.807, 2.05) is 12.1 Å². The van der Waals surface area contributed by atoms with Crippen molar-refractivity contribution in [1.82, 2.24) is 0 Å². The van der Waals surface area contributed by atoms with Gasteiger partial charge in [-0.2, -0.15) is 0 Å². The van der Waals surface area contributed by atoms with Crippen LogP contribution in [0.1, 0.15) is 0 Å². The average molecular weight is 588 g/mol. The van der Waals surface area contributed by atoms with Gasteiger partial charge in [-0.1, -0.05) is 127 Å². The lowest BCUT2D eigenvalue weighted by atomic mass is 9.94. The molecule has 2 heteroatoms. The molecule has 0 atom stereocenters. The Morgan fingerprint density at radius 1 is 0.348 bits per heavy atom. The molecular weight excluding hydrogens is 558 g/mol. The number of anilines is 3. The number of hydrogen-bond acceptors (Lipinski definition) is 2. The molecule has 1 aromatic heterocycles. The van der Waals surface area contributed by atoms with Crippen LogP contribution in [-0.2, 0) is 0 Å². The van der Waals surface area contributed by atoms with Crippen LogP contribution >= 0.6 is 0 Å². The first-order valence-corrected chi connectivity index (χ1v) is 15.7. The summed E-state index contributed by atoms with van der Waals surface area (Å²) in [5.41, 5.74) is 9.99. The normalized spacial score (nSPS) is 11.5. The van der Waals surface area contributed by atoms with Crippen LogP contribution < -0.4 is 4.90 Å². The molecule has 0 aliphatic rings. The van der Waals surface area contributed by atoms with Gasteiger partial charge in [-0.25, -0.2) is 0 Å². The van der Waals surface area contributed by atoms with E-state index < -0.39 is 0 Å². The van der Waals surface area contributed by atoms with Crippen molar-refractivity contribution in [2.75, 3.05) is 4.90 Å². The Balaban J connectivity index is 1.24. The Morgan fingerprint density at radius 3 is 1.85 bits per heavy atom. The van der Waals surface area contributed by atoms with Crippen molar-refractivity contribution in [3.8, 4) is 22.3 Å². The fraction of sp³-hybridized carbons (Fsp3) is 0. The van der Waals surface area contributed by atoms with Crippen molar-refractivity contribution >= 4 is 60.5 Å². The third-order valence-corrected chi connectivity index (χ3v) is 9.03. The largest absolute Gasteiger partial charge is 0.456 e. The van der Waals surface area contributed by atoms with Crippen LogP contribution in [0.15, 0.2) is 180 Å². The molecule has 0 fully saturated rings. The second kappa shape index (κ2) is 10.8. The molecular formula is C44H29NO. The minimum atomic E-state index is 0.913. The van der Waals surface area contributed by atoms with Gasteiger partial charge in [-0.15, -0.1) is 0 Å². The van der Waals surface area contributed by atoms with E-state index in [2.05, 4.69) is 169 Å². The highest BCUT2D eigenvalue weighted by molar-refractivity contribution is 6.18. The van der Waals surface area contributed by atoms with Crippen molar-refractivity contribution in [2.45, 2.75) is 0 Å². The molecule has 0 N–H and O–H groups in total. The second-order valence-corrected chi connectivity index (χ2v) is 11.7. The van der Waals surface area contributed by atoms with Gasteiger partial charge < -0.3 is 9.32 Å². The summed E-state index contributed by atoms with van der Waals surface area (Å²) in [6, 6.07) is 62.7. The molecule has 2 nitrogen and oxygen atoms in total. The monoisotopic (exact) mass is 587 g/mol. The first-order valence-electron chi connectivity index (χ1n) is 15.7. The topological polar surface area (TPSA) is 16.4 Å². The van der Waals surface area contributed by atoms with Crippen molar-refractivity contribution in [2.24, 2.45) is 0 Å². The summed E-state index contributed by atoms with van der Waals surface area (Å²) in [5, 5.41) is 7.07. The Bertz CT molecular complexity index is 2530.